The molecule has 0 aromatic rings. The number of rotatable bonds is 18. The largest absolute Gasteiger partial charge is 0.481 e. The number of unbranched alkanes of at least 4 members (excludes halogenated alkanes) is 8. The first-order valence-electron chi connectivity index (χ1n) is 11.1. The SMILES string of the molecule is CCCCC/C=C\C/C=C\CCCCCCCC(N)=O.NC(CCC(=O)O)C(=O)O. The monoisotopic (exact) mass is 426 g/mol. The fraction of sp³-hybridized carbons (Fsp3) is 0.696. The molecule has 1 unspecified atom stereocenters. The van der Waals surface area contributed by atoms with Gasteiger partial charge in [0.1, 0.15) is 6.04 Å². The van der Waals surface area contributed by atoms with Gasteiger partial charge >= 0.3 is 11.9 Å². The molecule has 0 aliphatic heterocycles. The van der Waals surface area contributed by atoms with Crippen molar-refractivity contribution in [2.24, 2.45) is 11.5 Å². The second kappa shape index (κ2) is 23.1. The highest BCUT2D eigenvalue weighted by molar-refractivity contribution is 5.74. The van der Waals surface area contributed by atoms with E-state index in [1.807, 2.05) is 0 Å². The quantitative estimate of drug-likeness (QED) is 0.187. The predicted octanol–water partition coefficient (Wildman–Crippen LogP) is 4.55. The third kappa shape index (κ3) is 28.1. The Kier molecular flexibility index (Phi) is 23.2. The van der Waals surface area contributed by atoms with Gasteiger partial charge in [-0.25, -0.2) is 0 Å². The van der Waals surface area contributed by atoms with Crippen LogP contribution in [0.2, 0.25) is 0 Å². The van der Waals surface area contributed by atoms with Crippen LogP contribution >= 0.6 is 0 Å². The van der Waals surface area contributed by atoms with E-state index in [2.05, 4.69) is 31.2 Å². The fourth-order valence-corrected chi connectivity index (χ4v) is 2.51. The Balaban J connectivity index is 0. The highest BCUT2D eigenvalue weighted by Gasteiger charge is 2.12. The summed E-state index contributed by atoms with van der Waals surface area (Å²) in [4.78, 5) is 30.4. The van der Waals surface area contributed by atoms with E-state index in [0.29, 0.717) is 6.42 Å². The number of hydrogen-bond donors (Lipinski definition) is 4. The highest BCUT2D eigenvalue weighted by atomic mass is 16.4. The zero-order chi connectivity index (χ0) is 23.0. The molecular formula is C23H42N2O5. The number of carboxylic acid groups (broad SMARTS) is 2. The fourth-order valence-electron chi connectivity index (χ4n) is 2.51. The molecule has 0 fully saturated rings. The number of allylic oxidation sites excluding steroid dienone is 4. The minimum atomic E-state index is -1.17. The first-order valence-corrected chi connectivity index (χ1v) is 11.1. The van der Waals surface area contributed by atoms with Crippen molar-refractivity contribution in [2.45, 2.75) is 103 Å². The average molecular weight is 427 g/mol. The van der Waals surface area contributed by atoms with Gasteiger partial charge in [-0.05, 0) is 44.9 Å². The number of aliphatic carboxylic acids is 2. The Hall–Kier alpha value is -2.15. The molecule has 174 valence electrons. The van der Waals surface area contributed by atoms with Crippen molar-refractivity contribution in [2.75, 3.05) is 0 Å². The van der Waals surface area contributed by atoms with Gasteiger partial charge in [-0.1, -0.05) is 63.3 Å². The molecule has 1 amide bonds. The molecule has 0 aliphatic carbocycles. The number of primary amides is 1. The number of carboxylic acids is 2. The van der Waals surface area contributed by atoms with Crippen molar-refractivity contribution in [3.05, 3.63) is 24.3 Å². The van der Waals surface area contributed by atoms with Crippen molar-refractivity contribution in [3.63, 3.8) is 0 Å². The van der Waals surface area contributed by atoms with E-state index in [1.54, 1.807) is 0 Å². The average Bonchev–Trinajstić information content (AvgIpc) is 2.69. The molecule has 6 N–H and O–H groups in total. The maximum atomic E-state index is 10.5. The Labute approximate surface area is 181 Å². The van der Waals surface area contributed by atoms with E-state index >= 15 is 0 Å². The number of carbonyl (C=O) groups is 3. The maximum Gasteiger partial charge on any atom is 0.320 e. The van der Waals surface area contributed by atoms with Gasteiger partial charge in [-0.2, -0.15) is 0 Å². The van der Waals surface area contributed by atoms with Gasteiger partial charge < -0.3 is 21.7 Å². The van der Waals surface area contributed by atoms with Gasteiger partial charge in [0.15, 0.2) is 0 Å². The summed E-state index contributed by atoms with van der Waals surface area (Å²) in [6, 6.07) is -1.06. The van der Waals surface area contributed by atoms with Crippen molar-refractivity contribution in [1.82, 2.24) is 0 Å². The van der Waals surface area contributed by atoms with Gasteiger partial charge in [-0.3, -0.25) is 14.4 Å². The number of hydrogen-bond acceptors (Lipinski definition) is 4. The topological polar surface area (TPSA) is 144 Å². The Morgan fingerprint density at radius 3 is 1.83 bits per heavy atom. The smallest absolute Gasteiger partial charge is 0.320 e. The Bertz CT molecular complexity index is 504. The van der Waals surface area contributed by atoms with Gasteiger partial charge in [0.2, 0.25) is 5.91 Å². The molecule has 0 rings (SSSR count). The van der Waals surface area contributed by atoms with Crippen LogP contribution in [0.4, 0.5) is 0 Å². The summed E-state index contributed by atoms with van der Waals surface area (Å²) in [6.07, 6.45) is 22.7. The van der Waals surface area contributed by atoms with Gasteiger partial charge in [-0.15, -0.1) is 0 Å². The lowest BCUT2D eigenvalue weighted by Crippen LogP contribution is -2.30. The van der Waals surface area contributed by atoms with E-state index in [1.165, 1.54) is 51.4 Å². The molecule has 30 heavy (non-hydrogen) atoms. The standard InChI is InChI=1S/C18H33NO.C5H9NO4/c1-2-3-4-5-6-7-8-9-10-11-12-13-14-15-16-17-18(19)20;6-3(5(9)10)1-2-4(7)8/h6-7,9-10H,2-5,8,11-17H2,1H3,(H2,19,20);3H,1-2,6H2,(H,7,8)(H,9,10)/b7-6-,10-9-;. The summed E-state index contributed by atoms with van der Waals surface area (Å²) >= 11 is 0. The lowest BCUT2D eigenvalue weighted by atomic mass is 10.1. The van der Waals surface area contributed by atoms with Crippen molar-refractivity contribution in [3.8, 4) is 0 Å². The second-order valence-corrected chi connectivity index (χ2v) is 7.32. The third-order valence-electron chi connectivity index (χ3n) is 4.36. The lowest BCUT2D eigenvalue weighted by molar-refractivity contribution is -0.139. The molecule has 0 aromatic carbocycles. The van der Waals surface area contributed by atoms with E-state index < -0.39 is 18.0 Å². The molecule has 1 atom stereocenters. The van der Waals surface area contributed by atoms with Crippen molar-refractivity contribution in [1.29, 1.82) is 0 Å². The number of nitrogens with two attached hydrogens (primary N) is 2. The van der Waals surface area contributed by atoms with Crippen LogP contribution in [0, 0.1) is 0 Å². The molecule has 0 aromatic heterocycles. The van der Waals surface area contributed by atoms with Gasteiger partial charge in [0.05, 0.1) is 0 Å². The zero-order valence-electron chi connectivity index (χ0n) is 18.6. The summed E-state index contributed by atoms with van der Waals surface area (Å²) in [7, 11) is 0. The number of carbonyl (C=O) groups excluding carboxylic acids is 1. The van der Waals surface area contributed by atoms with Gasteiger partial charge in [0.25, 0.3) is 0 Å². The highest BCUT2D eigenvalue weighted by Crippen LogP contribution is 2.07. The first-order chi connectivity index (χ1) is 14.3. The predicted molar refractivity (Wildman–Crippen MR) is 121 cm³/mol. The van der Waals surface area contributed by atoms with E-state index in [0.717, 1.165) is 19.3 Å². The van der Waals surface area contributed by atoms with Gasteiger partial charge in [0, 0.05) is 12.8 Å². The normalized spacial score (nSPS) is 11.9. The molecule has 0 heterocycles. The molecule has 0 saturated carbocycles. The minimum absolute atomic E-state index is 0.0231. The van der Waals surface area contributed by atoms with Crippen LogP contribution in [0.25, 0.3) is 0 Å². The molecule has 0 bridgehead atoms. The minimum Gasteiger partial charge on any atom is -0.481 e. The zero-order valence-corrected chi connectivity index (χ0v) is 18.6. The van der Waals surface area contributed by atoms with Crippen LogP contribution < -0.4 is 11.5 Å². The molecule has 0 aliphatic rings. The summed E-state index contributed by atoms with van der Waals surface area (Å²) in [6.45, 7) is 2.24. The summed E-state index contributed by atoms with van der Waals surface area (Å²) < 4.78 is 0. The summed E-state index contributed by atoms with van der Waals surface area (Å²) in [5, 5.41) is 16.3. The van der Waals surface area contributed by atoms with Crippen LogP contribution in [0.1, 0.15) is 96.8 Å². The number of amides is 1. The molecule has 0 saturated heterocycles. The molecule has 0 radical (unpaired) electrons. The van der Waals surface area contributed by atoms with Crippen LogP contribution in [0.3, 0.4) is 0 Å². The molecule has 0 spiro atoms. The van der Waals surface area contributed by atoms with Crippen LogP contribution in [-0.4, -0.2) is 34.1 Å². The third-order valence-corrected chi connectivity index (χ3v) is 4.36. The summed E-state index contributed by atoms with van der Waals surface area (Å²) in [5.74, 6) is -2.37. The molecular weight excluding hydrogens is 384 g/mol. The van der Waals surface area contributed by atoms with Crippen molar-refractivity contribution < 1.29 is 24.6 Å². The van der Waals surface area contributed by atoms with E-state index in [-0.39, 0.29) is 18.7 Å². The second-order valence-electron chi connectivity index (χ2n) is 7.32. The van der Waals surface area contributed by atoms with Crippen LogP contribution in [0.15, 0.2) is 24.3 Å². The molecule has 7 heteroatoms. The molecule has 7 nitrogen and oxygen atoms in total. The maximum absolute atomic E-state index is 10.5. The van der Waals surface area contributed by atoms with Crippen molar-refractivity contribution >= 4 is 17.8 Å². The van der Waals surface area contributed by atoms with Crippen LogP contribution in [-0.2, 0) is 14.4 Å². The lowest BCUT2D eigenvalue weighted by Gasteiger charge is -2.01. The van der Waals surface area contributed by atoms with E-state index in [4.69, 9.17) is 21.7 Å². The first kappa shape index (κ1) is 30.0. The Morgan fingerprint density at radius 1 is 0.800 bits per heavy atom. The Morgan fingerprint density at radius 2 is 1.33 bits per heavy atom. The van der Waals surface area contributed by atoms with E-state index in [9.17, 15) is 14.4 Å². The van der Waals surface area contributed by atoms with Crippen LogP contribution in [0.5, 0.6) is 0 Å². The summed E-state index contributed by atoms with van der Waals surface area (Å²) in [5.41, 5.74) is 10.1.